The Labute approximate surface area is 108 Å². The monoisotopic (exact) mass is 257 g/mol. The first-order chi connectivity index (χ1) is 7.76. The first-order valence-electron chi connectivity index (χ1n) is 5.88. The van der Waals surface area contributed by atoms with E-state index >= 15 is 0 Å². The van der Waals surface area contributed by atoms with Crippen molar-refractivity contribution in [3.8, 4) is 0 Å². The largest absolute Gasteiger partial charge is 0.313 e. The second kappa shape index (κ2) is 7.99. The van der Waals surface area contributed by atoms with E-state index in [0.29, 0.717) is 6.04 Å². The van der Waals surface area contributed by atoms with Gasteiger partial charge in [0.15, 0.2) is 0 Å². The van der Waals surface area contributed by atoms with Gasteiger partial charge >= 0.3 is 0 Å². The lowest BCUT2D eigenvalue weighted by Crippen LogP contribution is -2.29. The average Bonchev–Trinajstić information content (AvgIpc) is 2.29. The molecule has 0 bridgehead atoms. The Balaban J connectivity index is 2.20. The van der Waals surface area contributed by atoms with Crippen molar-refractivity contribution in [2.24, 2.45) is 0 Å². The van der Waals surface area contributed by atoms with Crippen LogP contribution in [0.15, 0.2) is 29.2 Å². The molecule has 1 nitrogen and oxygen atoms in total. The van der Waals surface area contributed by atoms with Crippen molar-refractivity contribution < 1.29 is 0 Å². The van der Waals surface area contributed by atoms with E-state index in [0.717, 1.165) is 17.3 Å². The molecule has 0 aliphatic rings. The quantitative estimate of drug-likeness (QED) is 0.580. The minimum Gasteiger partial charge on any atom is -0.313 e. The summed E-state index contributed by atoms with van der Waals surface area (Å²) >= 11 is 7.77. The van der Waals surface area contributed by atoms with Crippen LogP contribution in [0.5, 0.6) is 0 Å². The fourth-order valence-electron chi connectivity index (χ4n) is 1.57. The van der Waals surface area contributed by atoms with E-state index in [1.54, 1.807) is 0 Å². The second-order valence-electron chi connectivity index (χ2n) is 3.77. The van der Waals surface area contributed by atoms with Crippen LogP contribution in [-0.4, -0.2) is 18.3 Å². The van der Waals surface area contributed by atoms with Crippen LogP contribution in [0.1, 0.15) is 26.7 Å². The summed E-state index contributed by atoms with van der Waals surface area (Å²) in [7, 11) is 0. The molecule has 0 unspecified atom stereocenters. The Morgan fingerprint density at radius 1 is 1.31 bits per heavy atom. The molecule has 0 aliphatic carbocycles. The highest BCUT2D eigenvalue weighted by Gasteiger charge is 2.01. The van der Waals surface area contributed by atoms with Crippen LogP contribution < -0.4 is 5.32 Å². The van der Waals surface area contributed by atoms with Crippen LogP contribution in [0.4, 0.5) is 0 Å². The molecule has 0 spiro atoms. The highest BCUT2D eigenvalue weighted by molar-refractivity contribution is 7.99. The van der Waals surface area contributed by atoms with Crippen LogP contribution in [-0.2, 0) is 0 Å². The first-order valence-corrected chi connectivity index (χ1v) is 7.24. The predicted molar refractivity (Wildman–Crippen MR) is 74.5 cm³/mol. The van der Waals surface area contributed by atoms with E-state index in [2.05, 4.69) is 25.2 Å². The van der Waals surface area contributed by atoms with E-state index in [-0.39, 0.29) is 0 Å². The van der Waals surface area contributed by atoms with Gasteiger partial charge in [0.25, 0.3) is 0 Å². The molecule has 1 rings (SSSR count). The Bertz CT molecular complexity index is 300. The van der Waals surface area contributed by atoms with E-state index < -0.39 is 0 Å². The van der Waals surface area contributed by atoms with E-state index in [1.165, 1.54) is 17.7 Å². The molecule has 0 heterocycles. The number of hydrogen-bond acceptors (Lipinski definition) is 2. The zero-order valence-electron chi connectivity index (χ0n) is 10.0. The molecule has 0 radical (unpaired) electrons. The molecule has 0 saturated heterocycles. The van der Waals surface area contributed by atoms with Gasteiger partial charge in [0.1, 0.15) is 0 Å². The van der Waals surface area contributed by atoms with Crippen LogP contribution in [0, 0.1) is 0 Å². The summed E-state index contributed by atoms with van der Waals surface area (Å²) in [6.07, 6.45) is 2.41. The summed E-state index contributed by atoms with van der Waals surface area (Å²) in [4.78, 5) is 1.25. The second-order valence-corrected chi connectivity index (χ2v) is 5.38. The molecule has 0 aliphatic heterocycles. The third kappa shape index (κ3) is 5.24. The summed E-state index contributed by atoms with van der Waals surface area (Å²) in [6.45, 7) is 5.51. The molecule has 0 fully saturated rings. The minimum atomic E-state index is 0.667. The van der Waals surface area contributed by atoms with Crippen LogP contribution >= 0.6 is 23.4 Å². The third-order valence-electron chi connectivity index (χ3n) is 2.59. The van der Waals surface area contributed by atoms with Gasteiger partial charge in [-0.05, 0) is 31.0 Å². The Morgan fingerprint density at radius 2 is 2.06 bits per heavy atom. The summed E-state index contributed by atoms with van der Waals surface area (Å²) < 4.78 is 0. The average molecular weight is 258 g/mol. The SMILES string of the molecule is CCC(CC)NCCSc1cccc(Cl)c1. The first kappa shape index (κ1) is 13.9. The van der Waals surface area contributed by atoms with Gasteiger partial charge in [-0.15, -0.1) is 11.8 Å². The number of thioether (sulfide) groups is 1. The highest BCUT2D eigenvalue weighted by Crippen LogP contribution is 2.20. The number of benzene rings is 1. The van der Waals surface area contributed by atoms with Crippen molar-refractivity contribution in [3.63, 3.8) is 0 Å². The summed E-state index contributed by atoms with van der Waals surface area (Å²) in [5.74, 6) is 1.09. The maximum atomic E-state index is 5.92. The molecular formula is C13H20ClNS. The third-order valence-corrected chi connectivity index (χ3v) is 3.82. The van der Waals surface area contributed by atoms with E-state index in [1.807, 2.05) is 30.0 Å². The fraction of sp³-hybridized carbons (Fsp3) is 0.538. The number of nitrogens with one attached hydrogen (secondary N) is 1. The van der Waals surface area contributed by atoms with Gasteiger partial charge in [0.05, 0.1) is 0 Å². The number of rotatable bonds is 7. The molecule has 1 aromatic rings. The smallest absolute Gasteiger partial charge is 0.0417 e. The van der Waals surface area contributed by atoms with Gasteiger partial charge in [0.2, 0.25) is 0 Å². The van der Waals surface area contributed by atoms with E-state index in [4.69, 9.17) is 11.6 Å². The number of hydrogen-bond donors (Lipinski definition) is 1. The molecule has 3 heteroatoms. The molecule has 0 amide bonds. The molecular weight excluding hydrogens is 238 g/mol. The highest BCUT2D eigenvalue weighted by atomic mass is 35.5. The lowest BCUT2D eigenvalue weighted by Gasteiger charge is -2.14. The van der Waals surface area contributed by atoms with Crippen molar-refractivity contribution >= 4 is 23.4 Å². The topological polar surface area (TPSA) is 12.0 Å². The molecule has 1 N–H and O–H groups in total. The van der Waals surface area contributed by atoms with Gasteiger partial charge in [-0.3, -0.25) is 0 Å². The standard InChI is InChI=1S/C13H20ClNS/c1-3-12(4-2)15-8-9-16-13-7-5-6-11(14)10-13/h5-7,10,12,15H,3-4,8-9H2,1-2H3. The normalized spacial score (nSPS) is 11.0. The molecule has 16 heavy (non-hydrogen) atoms. The van der Waals surface area contributed by atoms with Gasteiger partial charge in [0, 0.05) is 28.3 Å². The molecule has 0 aromatic heterocycles. The molecule has 0 saturated carbocycles. The van der Waals surface area contributed by atoms with Gasteiger partial charge < -0.3 is 5.32 Å². The van der Waals surface area contributed by atoms with Crippen LogP contribution in [0.25, 0.3) is 0 Å². The maximum absolute atomic E-state index is 5.92. The van der Waals surface area contributed by atoms with Crippen molar-refractivity contribution in [2.75, 3.05) is 12.3 Å². The van der Waals surface area contributed by atoms with Crippen LogP contribution in [0.2, 0.25) is 5.02 Å². The molecule has 0 atom stereocenters. The maximum Gasteiger partial charge on any atom is 0.0417 e. The zero-order chi connectivity index (χ0) is 11.8. The van der Waals surface area contributed by atoms with Crippen molar-refractivity contribution in [2.45, 2.75) is 37.6 Å². The Kier molecular flexibility index (Phi) is 6.93. The fourth-order valence-corrected chi connectivity index (χ4v) is 2.66. The van der Waals surface area contributed by atoms with Crippen molar-refractivity contribution in [3.05, 3.63) is 29.3 Å². The van der Waals surface area contributed by atoms with E-state index in [9.17, 15) is 0 Å². The van der Waals surface area contributed by atoms with Gasteiger partial charge in [-0.2, -0.15) is 0 Å². The summed E-state index contributed by atoms with van der Waals surface area (Å²) in [5, 5.41) is 4.37. The summed E-state index contributed by atoms with van der Waals surface area (Å²) in [5.41, 5.74) is 0. The zero-order valence-corrected chi connectivity index (χ0v) is 11.6. The lowest BCUT2D eigenvalue weighted by atomic mass is 10.2. The van der Waals surface area contributed by atoms with Crippen molar-refractivity contribution in [1.82, 2.24) is 5.32 Å². The Morgan fingerprint density at radius 3 is 2.69 bits per heavy atom. The number of halogens is 1. The van der Waals surface area contributed by atoms with Crippen molar-refractivity contribution in [1.29, 1.82) is 0 Å². The summed E-state index contributed by atoms with van der Waals surface area (Å²) in [6, 6.07) is 8.70. The Hall–Kier alpha value is -0.180. The molecule has 1 aromatic carbocycles. The lowest BCUT2D eigenvalue weighted by molar-refractivity contribution is 0.501. The predicted octanol–water partition coefficient (Wildman–Crippen LogP) is 4.21. The van der Waals surface area contributed by atoms with Crippen LogP contribution in [0.3, 0.4) is 0 Å². The van der Waals surface area contributed by atoms with Gasteiger partial charge in [-0.1, -0.05) is 31.5 Å². The minimum absolute atomic E-state index is 0.667. The van der Waals surface area contributed by atoms with Gasteiger partial charge in [-0.25, -0.2) is 0 Å². The molecule has 90 valence electrons.